The molecule has 0 saturated carbocycles. The summed E-state index contributed by atoms with van der Waals surface area (Å²) in [4.78, 5) is 9.67. The average molecular weight is 330 g/mol. The minimum absolute atomic E-state index is 0. The summed E-state index contributed by atoms with van der Waals surface area (Å²) in [6.07, 6.45) is 9.90. The van der Waals surface area contributed by atoms with E-state index in [0.29, 0.717) is 12.3 Å². The van der Waals surface area contributed by atoms with Gasteiger partial charge in [0.15, 0.2) is 0 Å². The van der Waals surface area contributed by atoms with Crippen LogP contribution in [0.25, 0.3) is 0 Å². The maximum atomic E-state index is 11.7. The van der Waals surface area contributed by atoms with Crippen LogP contribution in [0.5, 0.6) is 0 Å². The SMILES string of the molecule is CCCCCCP(=O)(O)CCCCCC.[Mo]. The predicted octanol–water partition coefficient (Wildman–Crippen LogP) is 4.41. The summed E-state index contributed by atoms with van der Waals surface area (Å²) in [7, 11) is -2.77. The standard InChI is InChI=1S/C12H27O2P.Mo/c1-3-5-7-9-11-15(13,14)12-10-8-6-4-2;/h3-12H2,1-2H3,(H,13,14);. The molecule has 0 aromatic heterocycles. The molecule has 0 heterocycles. The third kappa shape index (κ3) is 12.9. The van der Waals surface area contributed by atoms with Gasteiger partial charge in [-0.05, 0) is 12.8 Å². The third-order valence-corrected chi connectivity index (χ3v) is 4.75. The molecule has 0 rings (SSSR count). The Kier molecular flexibility index (Phi) is 14.8. The molecule has 0 aliphatic rings. The van der Waals surface area contributed by atoms with Crippen molar-refractivity contribution in [2.24, 2.45) is 0 Å². The molecule has 98 valence electrons. The van der Waals surface area contributed by atoms with E-state index in [1.54, 1.807) is 0 Å². The van der Waals surface area contributed by atoms with Crippen LogP contribution < -0.4 is 0 Å². The monoisotopic (exact) mass is 332 g/mol. The summed E-state index contributed by atoms with van der Waals surface area (Å²) in [5, 5.41) is 0. The minimum Gasteiger partial charge on any atom is -0.344 e. The fourth-order valence-electron chi connectivity index (χ4n) is 1.68. The number of unbranched alkanes of at least 4 members (excludes halogenated alkanes) is 6. The number of rotatable bonds is 10. The van der Waals surface area contributed by atoms with Gasteiger partial charge in [-0.2, -0.15) is 0 Å². The van der Waals surface area contributed by atoms with Crippen LogP contribution in [0.2, 0.25) is 0 Å². The molecule has 0 atom stereocenters. The van der Waals surface area contributed by atoms with Crippen LogP contribution in [0.4, 0.5) is 0 Å². The number of hydrogen-bond donors (Lipinski definition) is 1. The molecule has 1 N–H and O–H groups in total. The first-order valence-electron chi connectivity index (χ1n) is 6.43. The molecule has 0 aliphatic heterocycles. The van der Waals surface area contributed by atoms with E-state index in [9.17, 15) is 9.46 Å². The van der Waals surface area contributed by atoms with E-state index in [1.165, 1.54) is 25.7 Å². The first-order valence-corrected chi connectivity index (χ1v) is 8.46. The van der Waals surface area contributed by atoms with Gasteiger partial charge in [-0.15, -0.1) is 0 Å². The molecule has 0 radical (unpaired) electrons. The third-order valence-electron chi connectivity index (χ3n) is 2.72. The molecule has 2 nitrogen and oxygen atoms in total. The van der Waals surface area contributed by atoms with Crippen LogP contribution in [0.3, 0.4) is 0 Å². The smallest absolute Gasteiger partial charge is 0.200 e. The predicted molar refractivity (Wildman–Crippen MR) is 67.8 cm³/mol. The molecule has 0 saturated heterocycles. The Balaban J connectivity index is 0. The fourth-order valence-corrected chi connectivity index (χ4v) is 3.34. The van der Waals surface area contributed by atoms with Gasteiger partial charge in [0.1, 0.15) is 0 Å². The first-order chi connectivity index (χ1) is 7.12. The Morgan fingerprint density at radius 2 is 1.19 bits per heavy atom. The Labute approximate surface area is 115 Å². The van der Waals surface area contributed by atoms with Crippen molar-refractivity contribution in [2.75, 3.05) is 12.3 Å². The minimum atomic E-state index is -2.77. The van der Waals surface area contributed by atoms with Crippen LogP contribution in [0, 0.1) is 0 Å². The second-order valence-corrected chi connectivity index (χ2v) is 7.00. The number of hydrogen-bond acceptors (Lipinski definition) is 1. The van der Waals surface area contributed by atoms with Gasteiger partial charge in [0, 0.05) is 33.4 Å². The molecular formula is C12H27MoO2P. The molecule has 0 fully saturated rings. The zero-order valence-corrected chi connectivity index (χ0v) is 13.7. The first kappa shape index (κ1) is 19.2. The Bertz CT molecular complexity index is 170. The van der Waals surface area contributed by atoms with Crippen LogP contribution >= 0.6 is 7.37 Å². The summed E-state index contributed by atoms with van der Waals surface area (Å²) < 4.78 is 11.7. The van der Waals surface area contributed by atoms with E-state index in [2.05, 4.69) is 13.8 Å². The Morgan fingerprint density at radius 3 is 1.50 bits per heavy atom. The van der Waals surface area contributed by atoms with Crippen LogP contribution in [0.15, 0.2) is 0 Å². The topological polar surface area (TPSA) is 37.3 Å². The van der Waals surface area contributed by atoms with E-state index < -0.39 is 7.37 Å². The van der Waals surface area contributed by atoms with Crippen molar-refractivity contribution in [1.29, 1.82) is 0 Å². The van der Waals surface area contributed by atoms with Gasteiger partial charge in [-0.3, -0.25) is 4.57 Å². The maximum Gasteiger partial charge on any atom is 0.200 e. The normalized spacial score (nSPS) is 11.2. The molecule has 0 spiro atoms. The van der Waals surface area contributed by atoms with Crippen molar-refractivity contribution in [3.8, 4) is 0 Å². The second kappa shape index (κ2) is 12.3. The quantitative estimate of drug-likeness (QED) is 0.366. The van der Waals surface area contributed by atoms with Gasteiger partial charge < -0.3 is 4.89 Å². The summed E-state index contributed by atoms with van der Waals surface area (Å²) in [5.41, 5.74) is 0. The van der Waals surface area contributed by atoms with Crippen molar-refractivity contribution in [1.82, 2.24) is 0 Å². The van der Waals surface area contributed by atoms with E-state index in [4.69, 9.17) is 0 Å². The molecule has 16 heavy (non-hydrogen) atoms. The molecule has 0 aromatic rings. The molecule has 0 amide bonds. The largest absolute Gasteiger partial charge is 0.344 e. The second-order valence-electron chi connectivity index (χ2n) is 4.41. The van der Waals surface area contributed by atoms with Gasteiger partial charge in [0.25, 0.3) is 0 Å². The van der Waals surface area contributed by atoms with Gasteiger partial charge in [-0.25, -0.2) is 0 Å². The van der Waals surface area contributed by atoms with E-state index in [0.717, 1.165) is 25.7 Å². The summed E-state index contributed by atoms with van der Waals surface area (Å²) in [6.45, 7) is 4.31. The molecule has 4 heteroatoms. The summed E-state index contributed by atoms with van der Waals surface area (Å²) in [6, 6.07) is 0. The van der Waals surface area contributed by atoms with Crippen molar-refractivity contribution in [3.63, 3.8) is 0 Å². The molecular weight excluding hydrogens is 303 g/mol. The van der Waals surface area contributed by atoms with Crippen LogP contribution in [-0.2, 0) is 25.6 Å². The van der Waals surface area contributed by atoms with Gasteiger partial charge in [0.05, 0.1) is 0 Å². The van der Waals surface area contributed by atoms with E-state index >= 15 is 0 Å². The maximum absolute atomic E-state index is 11.7. The van der Waals surface area contributed by atoms with Crippen molar-refractivity contribution >= 4 is 7.37 Å². The molecule has 0 aliphatic carbocycles. The van der Waals surface area contributed by atoms with Gasteiger partial charge in [-0.1, -0.05) is 52.4 Å². The van der Waals surface area contributed by atoms with Crippen LogP contribution in [0.1, 0.15) is 65.2 Å². The molecule has 0 unspecified atom stereocenters. The Hall–Kier alpha value is 0.878. The van der Waals surface area contributed by atoms with E-state index in [-0.39, 0.29) is 21.1 Å². The summed E-state index contributed by atoms with van der Waals surface area (Å²) >= 11 is 0. The summed E-state index contributed by atoms with van der Waals surface area (Å²) in [5.74, 6) is 0. The van der Waals surface area contributed by atoms with Gasteiger partial charge in [0.2, 0.25) is 7.37 Å². The molecule has 0 aromatic carbocycles. The van der Waals surface area contributed by atoms with E-state index in [1.807, 2.05) is 0 Å². The van der Waals surface area contributed by atoms with Crippen molar-refractivity contribution in [2.45, 2.75) is 65.2 Å². The fraction of sp³-hybridized carbons (Fsp3) is 1.00. The van der Waals surface area contributed by atoms with Crippen molar-refractivity contribution < 1.29 is 30.5 Å². The Morgan fingerprint density at radius 1 is 0.812 bits per heavy atom. The molecule has 0 bridgehead atoms. The van der Waals surface area contributed by atoms with Gasteiger partial charge >= 0.3 is 0 Å². The van der Waals surface area contributed by atoms with Crippen molar-refractivity contribution in [3.05, 3.63) is 0 Å². The van der Waals surface area contributed by atoms with Crippen LogP contribution in [-0.4, -0.2) is 17.2 Å². The zero-order valence-electron chi connectivity index (χ0n) is 10.8. The zero-order chi connectivity index (χ0) is 11.6. The average Bonchev–Trinajstić information content (AvgIpc) is 2.20.